The number of benzene rings is 1. The molecule has 1 aliphatic heterocycles. The summed E-state index contributed by atoms with van der Waals surface area (Å²) in [6, 6.07) is 4.48. The molecule has 0 bridgehead atoms. The van der Waals surface area contributed by atoms with E-state index in [1.807, 2.05) is 4.90 Å². The van der Waals surface area contributed by atoms with Gasteiger partial charge < -0.3 is 15.1 Å². The molecule has 1 N–H and O–H groups in total. The summed E-state index contributed by atoms with van der Waals surface area (Å²) in [7, 11) is 0. The lowest BCUT2D eigenvalue weighted by Gasteiger charge is -2.33. The molecule has 0 spiro atoms. The molecule has 1 amide bonds. The van der Waals surface area contributed by atoms with E-state index in [4.69, 9.17) is 0 Å². The van der Waals surface area contributed by atoms with Crippen LogP contribution < -0.4 is 10.2 Å². The normalized spacial score (nSPS) is 15.6. The first-order valence-electron chi connectivity index (χ1n) is 8.65. The molecule has 9 heteroatoms. The number of piperazine rings is 1. The zero-order valence-corrected chi connectivity index (χ0v) is 14.8. The molecule has 6 nitrogen and oxygen atoms in total. The molecule has 2 aromatic rings. The predicted octanol–water partition coefficient (Wildman–Crippen LogP) is 2.89. The summed E-state index contributed by atoms with van der Waals surface area (Å²) in [6.07, 6.45) is -1.69. The van der Waals surface area contributed by atoms with Crippen LogP contribution in [0.5, 0.6) is 0 Å². The molecule has 2 heterocycles. The molecule has 0 radical (unpaired) electrons. The van der Waals surface area contributed by atoms with E-state index in [0.29, 0.717) is 5.95 Å². The number of carbonyl (C=O) groups is 1. The van der Waals surface area contributed by atoms with Crippen LogP contribution in [0.25, 0.3) is 0 Å². The second-order valence-electron chi connectivity index (χ2n) is 6.23. The van der Waals surface area contributed by atoms with E-state index in [2.05, 4.69) is 27.1 Å². The van der Waals surface area contributed by atoms with E-state index in [9.17, 15) is 18.0 Å². The summed E-state index contributed by atoms with van der Waals surface area (Å²) in [5.74, 6) is -0.0157. The Morgan fingerprint density at radius 1 is 1.15 bits per heavy atom. The number of likely N-dealkylation sites (N-methyl/N-ethyl adjacent to an activating group) is 1. The number of anilines is 2. The molecule has 0 saturated carbocycles. The van der Waals surface area contributed by atoms with E-state index < -0.39 is 17.6 Å². The molecule has 1 aromatic heterocycles. The predicted molar refractivity (Wildman–Crippen MR) is 95.8 cm³/mol. The number of alkyl halides is 3. The van der Waals surface area contributed by atoms with Crippen molar-refractivity contribution >= 4 is 17.5 Å². The molecule has 0 atom stereocenters. The minimum absolute atomic E-state index is 0.0644. The summed E-state index contributed by atoms with van der Waals surface area (Å²) < 4.78 is 38.3. The third-order valence-corrected chi connectivity index (χ3v) is 4.45. The minimum Gasteiger partial charge on any atom is -0.338 e. The van der Waals surface area contributed by atoms with Crippen LogP contribution in [0.15, 0.2) is 36.7 Å². The van der Waals surface area contributed by atoms with Crippen LogP contribution in [0.1, 0.15) is 22.8 Å². The van der Waals surface area contributed by atoms with Crippen LogP contribution >= 0.6 is 0 Å². The lowest BCUT2D eigenvalue weighted by atomic mass is 10.2. The van der Waals surface area contributed by atoms with Crippen molar-refractivity contribution in [3.63, 3.8) is 0 Å². The maximum Gasteiger partial charge on any atom is 0.416 e. The Morgan fingerprint density at radius 2 is 1.81 bits per heavy atom. The Morgan fingerprint density at radius 3 is 2.41 bits per heavy atom. The fraction of sp³-hybridized carbons (Fsp3) is 0.389. The van der Waals surface area contributed by atoms with E-state index in [1.54, 1.807) is 0 Å². The highest BCUT2D eigenvalue weighted by Crippen LogP contribution is 2.30. The Hall–Kier alpha value is -2.68. The Bertz CT molecular complexity index is 786. The van der Waals surface area contributed by atoms with Gasteiger partial charge in [-0.3, -0.25) is 4.79 Å². The topological polar surface area (TPSA) is 61.4 Å². The fourth-order valence-corrected chi connectivity index (χ4v) is 2.84. The van der Waals surface area contributed by atoms with Gasteiger partial charge >= 0.3 is 6.18 Å². The molecular weight excluding hydrogens is 359 g/mol. The molecule has 27 heavy (non-hydrogen) atoms. The molecular formula is C18H20F3N5O. The van der Waals surface area contributed by atoms with Gasteiger partial charge in [-0.1, -0.05) is 13.0 Å². The van der Waals surface area contributed by atoms with E-state index in [0.717, 1.165) is 44.9 Å². The molecule has 1 fully saturated rings. The van der Waals surface area contributed by atoms with Gasteiger partial charge in [-0.05, 0) is 24.7 Å². The molecule has 0 unspecified atom stereocenters. The van der Waals surface area contributed by atoms with Gasteiger partial charge in [-0.25, -0.2) is 9.97 Å². The summed E-state index contributed by atoms with van der Waals surface area (Å²) in [5, 5.41) is 2.44. The second kappa shape index (κ2) is 7.91. The molecule has 1 saturated heterocycles. The SMILES string of the molecule is CCN1CCN(c2ncc(C(=O)Nc3cccc(C(F)(F)F)c3)cn2)CC1. The Kier molecular flexibility index (Phi) is 5.59. The van der Waals surface area contributed by atoms with Gasteiger partial charge in [0.1, 0.15) is 0 Å². The first-order chi connectivity index (χ1) is 12.9. The van der Waals surface area contributed by atoms with Crippen molar-refractivity contribution < 1.29 is 18.0 Å². The number of hydrogen-bond donors (Lipinski definition) is 1. The van der Waals surface area contributed by atoms with Crippen LogP contribution in [-0.2, 0) is 6.18 Å². The lowest BCUT2D eigenvalue weighted by Crippen LogP contribution is -2.46. The van der Waals surface area contributed by atoms with Crippen molar-refractivity contribution in [3.05, 3.63) is 47.8 Å². The summed E-state index contributed by atoms with van der Waals surface area (Å²) in [6.45, 7) is 6.59. The molecule has 144 valence electrons. The average molecular weight is 379 g/mol. The number of amides is 1. The Labute approximate surface area is 155 Å². The van der Waals surface area contributed by atoms with Gasteiger partial charge in [0.25, 0.3) is 5.91 Å². The monoisotopic (exact) mass is 379 g/mol. The van der Waals surface area contributed by atoms with Crippen molar-refractivity contribution in [2.24, 2.45) is 0 Å². The number of rotatable bonds is 4. The van der Waals surface area contributed by atoms with Crippen LogP contribution in [0.3, 0.4) is 0 Å². The summed E-state index contributed by atoms with van der Waals surface area (Å²) in [4.78, 5) is 25.1. The largest absolute Gasteiger partial charge is 0.416 e. The number of aromatic nitrogens is 2. The third-order valence-electron chi connectivity index (χ3n) is 4.45. The average Bonchev–Trinajstić information content (AvgIpc) is 2.68. The van der Waals surface area contributed by atoms with Crippen LogP contribution in [0.4, 0.5) is 24.8 Å². The van der Waals surface area contributed by atoms with Crippen molar-refractivity contribution in [2.75, 3.05) is 42.9 Å². The minimum atomic E-state index is -4.46. The quantitative estimate of drug-likeness (QED) is 0.885. The van der Waals surface area contributed by atoms with Crippen molar-refractivity contribution in [2.45, 2.75) is 13.1 Å². The highest BCUT2D eigenvalue weighted by atomic mass is 19.4. The lowest BCUT2D eigenvalue weighted by molar-refractivity contribution is -0.137. The Balaban J connectivity index is 1.64. The third kappa shape index (κ3) is 4.73. The fourth-order valence-electron chi connectivity index (χ4n) is 2.84. The van der Waals surface area contributed by atoms with Gasteiger partial charge in [-0.2, -0.15) is 13.2 Å². The zero-order chi connectivity index (χ0) is 19.4. The first kappa shape index (κ1) is 19.1. The maximum absolute atomic E-state index is 12.8. The number of carbonyl (C=O) groups excluding carboxylic acids is 1. The van der Waals surface area contributed by atoms with Gasteiger partial charge in [0.2, 0.25) is 5.95 Å². The number of halogens is 3. The molecule has 0 aliphatic carbocycles. The highest BCUT2D eigenvalue weighted by Gasteiger charge is 2.30. The molecule has 1 aromatic carbocycles. The van der Waals surface area contributed by atoms with Gasteiger partial charge in [0.15, 0.2) is 0 Å². The smallest absolute Gasteiger partial charge is 0.338 e. The first-order valence-corrected chi connectivity index (χ1v) is 8.65. The summed E-state index contributed by atoms with van der Waals surface area (Å²) >= 11 is 0. The van der Waals surface area contributed by atoms with E-state index in [1.165, 1.54) is 24.5 Å². The number of nitrogens with zero attached hydrogens (tertiary/aromatic N) is 4. The van der Waals surface area contributed by atoms with Crippen molar-refractivity contribution in [3.8, 4) is 0 Å². The molecule has 1 aliphatic rings. The van der Waals surface area contributed by atoms with Crippen molar-refractivity contribution in [1.29, 1.82) is 0 Å². The summed E-state index contributed by atoms with van der Waals surface area (Å²) in [5.41, 5.74) is -0.573. The van der Waals surface area contributed by atoms with Crippen molar-refractivity contribution in [1.82, 2.24) is 14.9 Å². The highest BCUT2D eigenvalue weighted by molar-refractivity contribution is 6.03. The van der Waals surface area contributed by atoms with Crippen LogP contribution in [-0.4, -0.2) is 53.5 Å². The maximum atomic E-state index is 12.8. The number of nitrogens with one attached hydrogen (secondary N) is 1. The van der Waals surface area contributed by atoms with Gasteiger partial charge in [-0.15, -0.1) is 0 Å². The van der Waals surface area contributed by atoms with Crippen LogP contribution in [0, 0.1) is 0 Å². The molecule has 3 rings (SSSR count). The number of hydrogen-bond acceptors (Lipinski definition) is 5. The van der Waals surface area contributed by atoms with E-state index in [-0.39, 0.29) is 11.3 Å². The van der Waals surface area contributed by atoms with E-state index >= 15 is 0 Å². The standard InChI is InChI=1S/C18H20F3N5O/c1-2-25-6-8-26(9-7-25)17-22-11-13(12-23-17)16(27)24-15-5-3-4-14(10-15)18(19,20)21/h3-5,10-12H,2,6-9H2,1H3,(H,24,27). The van der Waals surface area contributed by atoms with Gasteiger partial charge in [0, 0.05) is 44.3 Å². The van der Waals surface area contributed by atoms with Gasteiger partial charge in [0.05, 0.1) is 11.1 Å². The second-order valence-corrected chi connectivity index (χ2v) is 6.23. The van der Waals surface area contributed by atoms with Crippen LogP contribution in [0.2, 0.25) is 0 Å². The zero-order valence-electron chi connectivity index (χ0n) is 14.8.